The van der Waals surface area contributed by atoms with E-state index in [9.17, 15) is 14.4 Å². The topological polar surface area (TPSA) is 101 Å². The van der Waals surface area contributed by atoms with E-state index in [-0.39, 0.29) is 18.1 Å². The van der Waals surface area contributed by atoms with E-state index in [1.807, 2.05) is 6.92 Å². The first-order valence-corrected chi connectivity index (χ1v) is 9.14. The molecule has 0 aliphatic heterocycles. The van der Waals surface area contributed by atoms with Crippen molar-refractivity contribution in [3.8, 4) is 0 Å². The normalized spacial score (nSPS) is 11.1. The molecular weight excluding hydrogens is 368 g/mol. The van der Waals surface area contributed by atoms with E-state index >= 15 is 0 Å². The Hall–Kier alpha value is -2.80. The van der Waals surface area contributed by atoms with Gasteiger partial charge in [-0.1, -0.05) is 37.1 Å². The zero-order valence-corrected chi connectivity index (χ0v) is 16.1. The van der Waals surface area contributed by atoms with Gasteiger partial charge in [-0.25, -0.2) is 4.79 Å². The van der Waals surface area contributed by atoms with Crippen molar-refractivity contribution in [2.45, 2.75) is 33.2 Å². The van der Waals surface area contributed by atoms with Crippen molar-refractivity contribution in [2.24, 2.45) is 0 Å². The first-order chi connectivity index (χ1) is 12.9. The van der Waals surface area contributed by atoms with Crippen molar-refractivity contribution in [2.75, 3.05) is 17.2 Å². The third-order valence-corrected chi connectivity index (χ3v) is 4.30. The largest absolute Gasteiger partial charge is 0.383 e. The van der Waals surface area contributed by atoms with Crippen LogP contribution >= 0.6 is 11.6 Å². The van der Waals surface area contributed by atoms with Crippen LogP contribution < -0.4 is 21.9 Å². The van der Waals surface area contributed by atoms with Gasteiger partial charge in [0.1, 0.15) is 5.82 Å². The number of aromatic amines is 1. The van der Waals surface area contributed by atoms with E-state index in [0.29, 0.717) is 11.6 Å². The molecule has 3 N–H and O–H groups in total. The van der Waals surface area contributed by atoms with Crippen molar-refractivity contribution < 1.29 is 4.79 Å². The number of anilines is 2. The fourth-order valence-corrected chi connectivity index (χ4v) is 2.87. The van der Waals surface area contributed by atoms with Crippen molar-refractivity contribution in [3.05, 3.63) is 61.8 Å². The lowest BCUT2D eigenvalue weighted by Crippen LogP contribution is -2.40. The highest BCUT2D eigenvalue weighted by atomic mass is 35.5. The van der Waals surface area contributed by atoms with Gasteiger partial charge in [-0.05, 0) is 37.1 Å². The summed E-state index contributed by atoms with van der Waals surface area (Å²) in [5, 5.41) is 0.556. The molecule has 0 fully saturated rings. The summed E-state index contributed by atoms with van der Waals surface area (Å²) in [4.78, 5) is 40.5. The molecule has 1 aromatic heterocycles. The molecule has 2 rings (SSSR count). The van der Waals surface area contributed by atoms with Crippen LogP contribution in [-0.4, -0.2) is 22.0 Å². The van der Waals surface area contributed by atoms with Gasteiger partial charge in [0.2, 0.25) is 0 Å². The number of nitrogen functional groups attached to an aromatic ring is 1. The monoisotopic (exact) mass is 390 g/mol. The van der Waals surface area contributed by atoms with Crippen LogP contribution in [0.3, 0.4) is 0 Å². The maximum absolute atomic E-state index is 12.7. The Kier molecular flexibility index (Phi) is 7.01. The van der Waals surface area contributed by atoms with Crippen LogP contribution in [0.1, 0.15) is 32.3 Å². The second kappa shape index (κ2) is 9.23. The Bertz CT molecular complexity index is 962. The highest BCUT2D eigenvalue weighted by Crippen LogP contribution is 2.18. The number of unbranched alkanes of at least 4 members (excludes halogenated alkanes) is 1. The van der Waals surface area contributed by atoms with Crippen LogP contribution in [0.2, 0.25) is 5.02 Å². The summed E-state index contributed by atoms with van der Waals surface area (Å²) in [7, 11) is 0. The summed E-state index contributed by atoms with van der Waals surface area (Å²) >= 11 is 5.94. The van der Waals surface area contributed by atoms with Gasteiger partial charge >= 0.3 is 5.69 Å². The molecule has 0 aliphatic rings. The van der Waals surface area contributed by atoms with E-state index in [4.69, 9.17) is 17.3 Å². The smallest absolute Gasteiger partial charge is 0.330 e. The van der Waals surface area contributed by atoms with E-state index in [1.165, 1.54) is 15.5 Å². The molecule has 0 saturated carbocycles. The first kappa shape index (κ1) is 20.5. The number of nitrogens with zero attached hydrogens (tertiary/aromatic N) is 2. The Labute approximate surface area is 162 Å². The molecule has 0 unspecified atom stereocenters. The predicted octanol–water partition coefficient (Wildman–Crippen LogP) is 2.64. The number of likely N-dealkylation sites (N-methyl/N-ethyl adjacent to an activating group) is 1. The van der Waals surface area contributed by atoms with Gasteiger partial charge in [-0.2, -0.15) is 0 Å². The molecule has 0 bridgehead atoms. The summed E-state index contributed by atoms with van der Waals surface area (Å²) < 4.78 is 1.29. The second-order valence-corrected chi connectivity index (χ2v) is 6.41. The van der Waals surface area contributed by atoms with Crippen LogP contribution in [0.15, 0.2) is 39.9 Å². The summed E-state index contributed by atoms with van der Waals surface area (Å²) in [6.45, 7) is 4.30. The molecule has 2 aromatic rings. The molecule has 0 radical (unpaired) electrons. The summed E-state index contributed by atoms with van der Waals surface area (Å²) in [6.07, 6.45) is 4.54. The molecule has 144 valence electrons. The van der Waals surface area contributed by atoms with Crippen LogP contribution in [0.25, 0.3) is 6.08 Å². The Balaban J connectivity index is 2.40. The van der Waals surface area contributed by atoms with E-state index < -0.39 is 17.2 Å². The maximum Gasteiger partial charge on any atom is 0.330 e. The quantitative estimate of drug-likeness (QED) is 0.709. The fraction of sp³-hybridized carbons (Fsp3) is 0.316. The minimum atomic E-state index is -0.684. The van der Waals surface area contributed by atoms with Gasteiger partial charge in [0, 0.05) is 24.2 Å². The van der Waals surface area contributed by atoms with Gasteiger partial charge in [-0.3, -0.25) is 19.1 Å². The van der Waals surface area contributed by atoms with Gasteiger partial charge in [0.05, 0.1) is 0 Å². The van der Waals surface area contributed by atoms with Crippen molar-refractivity contribution in [3.63, 3.8) is 0 Å². The molecule has 7 nitrogen and oxygen atoms in total. The third-order valence-electron chi connectivity index (χ3n) is 4.07. The molecule has 0 saturated heterocycles. The SMILES string of the molecule is CCCCn1c(N)c(N(CC)C(=O)/C=C/c2cccc(Cl)c2)c(=O)[nH]c1=O. The van der Waals surface area contributed by atoms with E-state index in [0.717, 1.165) is 18.4 Å². The minimum Gasteiger partial charge on any atom is -0.383 e. The van der Waals surface area contributed by atoms with Gasteiger partial charge in [0.15, 0.2) is 5.69 Å². The lowest BCUT2D eigenvalue weighted by atomic mass is 10.2. The zero-order valence-electron chi connectivity index (χ0n) is 15.4. The summed E-state index contributed by atoms with van der Waals surface area (Å²) in [5.74, 6) is -0.432. The third kappa shape index (κ3) is 4.89. The molecule has 8 heteroatoms. The number of hydrogen-bond acceptors (Lipinski definition) is 4. The number of rotatable bonds is 7. The Morgan fingerprint density at radius 2 is 2.07 bits per heavy atom. The average molecular weight is 391 g/mol. The highest BCUT2D eigenvalue weighted by Gasteiger charge is 2.21. The number of nitrogens with one attached hydrogen (secondary N) is 1. The number of benzene rings is 1. The predicted molar refractivity (Wildman–Crippen MR) is 109 cm³/mol. The van der Waals surface area contributed by atoms with Crippen molar-refractivity contribution >= 4 is 35.1 Å². The van der Waals surface area contributed by atoms with E-state index in [1.54, 1.807) is 37.3 Å². The lowest BCUT2D eigenvalue weighted by molar-refractivity contribution is -0.114. The lowest BCUT2D eigenvalue weighted by Gasteiger charge is -2.21. The standard InChI is InChI=1S/C19H23ClN4O3/c1-3-5-11-24-17(21)16(18(26)22-19(24)27)23(4-2)15(25)10-9-13-7-6-8-14(20)12-13/h6-10,12H,3-5,11,21H2,1-2H3,(H,22,26,27)/b10-9+. The molecule has 0 atom stereocenters. The minimum absolute atomic E-state index is 0.0106. The van der Waals surface area contributed by atoms with Crippen LogP contribution in [0, 0.1) is 0 Å². The van der Waals surface area contributed by atoms with Crippen molar-refractivity contribution in [1.29, 1.82) is 0 Å². The van der Waals surface area contributed by atoms with Crippen LogP contribution in [-0.2, 0) is 11.3 Å². The van der Waals surface area contributed by atoms with Gasteiger partial charge in [-0.15, -0.1) is 0 Å². The van der Waals surface area contributed by atoms with Crippen molar-refractivity contribution in [1.82, 2.24) is 9.55 Å². The second-order valence-electron chi connectivity index (χ2n) is 5.97. The fourth-order valence-electron chi connectivity index (χ4n) is 2.67. The average Bonchev–Trinajstić information content (AvgIpc) is 2.63. The molecular formula is C19H23ClN4O3. The van der Waals surface area contributed by atoms with Gasteiger partial charge in [0.25, 0.3) is 11.5 Å². The zero-order chi connectivity index (χ0) is 20.0. The number of halogens is 1. The van der Waals surface area contributed by atoms with Gasteiger partial charge < -0.3 is 10.6 Å². The number of carbonyl (C=O) groups is 1. The van der Waals surface area contributed by atoms with E-state index in [2.05, 4.69) is 4.98 Å². The van der Waals surface area contributed by atoms with Crippen LogP contribution in [0.5, 0.6) is 0 Å². The molecule has 1 heterocycles. The molecule has 1 aromatic carbocycles. The van der Waals surface area contributed by atoms with Crippen LogP contribution in [0.4, 0.5) is 11.5 Å². The Morgan fingerprint density at radius 1 is 1.33 bits per heavy atom. The molecule has 0 aliphatic carbocycles. The number of H-pyrrole nitrogens is 1. The number of nitrogens with two attached hydrogens (primary N) is 1. The Morgan fingerprint density at radius 3 is 2.70 bits per heavy atom. The number of amides is 1. The summed E-state index contributed by atoms with van der Waals surface area (Å²) in [6, 6.07) is 7.03. The molecule has 0 spiro atoms. The highest BCUT2D eigenvalue weighted by molar-refractivity contribution is 6.30. The number of aromatic nitrogens is 2. The number of hydrogen-bond donors (Lipinski definition) is 2. The maximum atomic E-state index is 12.7. The summed E-state index contributed by atoms with van der Waals surface area (Å²) in [5.41, 5.74) is 5.55. The first-order valence-electron chi connectivity index (χ1n) is 8.76. The number of carbonyl (C=O) groups excluding carboxylic acids is 1. The molecule has 1 amide bonds. The molecule has 27 heavy (non-hydrogen) atoms.